The largest absolute Gasteiger partial charge is 2.00 e. The third kappa shape index (κ3) is 521. The third-order valence-electron chi connectivity index (χ3n) is 0.333. The summed E-state index contributed by atoms with van der Waals surface area (Å²) in [5, 5.41) is 18.3. The minimum Gasteiger partial charge on any atom is -0.759 e. The average Bonchev–Trinajstić information content (AvgIpc) is 2.13. The standard InChI is InChI=1S/2C2H5NO2.3Mn.2H2O4S/c2*3-1-2(4)5;;;;2*1-5(2,3)4/h2*1,3H2,(H,4,5);;;;2*(H2,1,2,3,4)/q;;3*+2;;/p-6. The van der Waals surface area contributed by atoms with Gasteiger partial charge < -0.3 is 49.5 Å². The van der Waals surface area contributed by atoms with Gasteiger partial charge >= 0.3 is 51.2 Å². The normalized spacial score (nSPS) is 8.26. The van der Waals surface area contributed by atoms with Crippen molar-refractivity contribution in [2.24, 2.45) is 11.5 Å². The van der Waals surface area contributed by atoms with E-state index in [1.807, 2.05) is 0 Å². The molecule has 0 saturated carbocycles. The van der Waals surface area contributed by atoms with Crippen molar-refractivity contribution < 1.29 is 106 Å². The van der Waals surface area contributed by atoms with E-state index in [1.54, 1.807) is 0 Å². The van der Waals surface area contributed by atoms with Gasteiger partial charge in [0.2, 0.25) is 0 Å². The molecule has 0 amide bonds. The van der Waals surface area contributed by atoms with Crippen molar-refractivity contribution in [1.82, 2.24) is 0 Å². The van der Waals surface area contributed by atoms with E-state index < -0.39 is 32.7 Å². The van der Waals surface area contributed by atoms with Gasteiger partial charge in [0.05, 0.1) is 11.9 Å². The first-order valence-electron chi connectivity index (χ1n) is 3.67. The van der Waals surface area contributed by atoms with Crippen molar-refractivity contribution in [2.75, 3.05) is 13.1 Å². The van der Waals surface area contributed by atoms with Crippen molar-refractivity contribution in [2.45, 2.75) is 0 Å². The maximum atomic E-state index is 9.13. The predicted molar refractivity (Wildman–Crippen MR) is 49.1 cm³/mol. The molecule has 4 N–H and O–H groups in total. The number of carboxylic acids is 2. The number of carbonyl (C=O) groups excluding carboxylic acids is 2. The van der Waals surface area contributed by atoms with Crippen molar-refractivity contribution in [1.29, 1.82) is 0 Å². The van der Waals surface area contributed by atoms with Crippen LogP contribution < -0.4 is 21.7 Å². The Labute approximate surface area is 162 Å². The van der Waals surface area contributed by atoms with Crippen LogP contribution in [0.4, 0.5) is 0 Å². The Balaban J connectivity index is -0.0000000284. The number of hydrogen-bond donors (Lipinski definition) is 2. The molecule has 19 heteroatoms. The fraction of sp³-hybridized carbons (Fsp3) is 0.500. The van der Waals surface area contributed by atoms with Gasteiger partial charge in [-0.2, -0.15) is 0 Å². The van der Waals surface area contributed by atoms with Gasteiger partial charge in [0.15, 0.2) is 0 Å². The molecule has 3 radical (unpaired) electrons. The molecule has 0 heterocycles. The fourth-order valence-electron chi connectivity index (χ4n) is 0. The van der Waals surface area contributed by atoms with Crippen LogP contribution in [0.25, 0.3) is 0 Å². The zero-order valence-corrected chi connectivity index (χ0v) is 15.6. The van der Waals surface area contributed by atoms with Crippen LogP contribution in [-0.2, 0) is 81.6 Å². The summed E-state index contributed by atoms with van der Waals surface area (Å²) >= 11 is 0. The first-order chi connectivity index (χ1) is 8.54. The second-order valence-electron chi connectivity index (χ2n) is 1.97. The third-order valence-corrected chi connectivity index (χ3v) is 0.333. The number of carboxylic acid groups (broad SMARTS) is 2. The van der Waals surface area contributed by atoms with Gasteiger partial charge in [-0.3, -0.25) is 16.8 Å². The summed E-state index contributed by atoms with van der Waals surface area (Å²) in [6.45, 7) is -0.778. The van der Waals surface area contributed by atoms with Crippen molar-refractivity contribution in [3.8, 4) is 0 Å². The van der Waals surface area contributed by atoms with E-state index in [0.717, 1.165) is 0 Å². The first kappa shape index (κ1) is 43.6. The molecular weight excluding hydrogens is 497 g/mol. The van der Waals surface area contributed by atoms with Crippen LogP contribution in [0.2, 0.25) is 0 Å². The number of carbonyl (C=O) groups is 2. The molecule has 0 aliphatic heterocycles. The topological polar surface area (TPSA) is 293 Å². The summed E-state index contributed by atoms with van der Waals surface area (Å²) < 4.78 is 68.2. The van der Waals surface area contributed by atoms with Gasteiger partial charge in [0, 0.05) is 33.9 Å². The second kappa shape index (κ2) is 24.4. The summed E-state index contributed by atoms with van der Waals surface area (Å²) in [5.74, 6) is -2.44. The van der Waals surface area contributed by atoms with Crippen LogP contribution in [0.1, 0.15) is 0 Å². The van der Waals surface area contributed by atoms with E-state index in [2.05, 4.69) is 11.5 Å². The van der Waals surface area contributed by atoms with E-state index in [1.165, 1.54) is 0 Å². The summed E-state index contributed by atoms with van der Waals surface area (Å²) in [6, 6.07) is 0. The van der Waals surface area contributed by atoms with Crippen molar-refractivity contribution in [3.05, 3.63) is 0 Å². The number of rotatable bonds is 2. The van der Waals surface area contributed by atoms with Crippen LogP contribution in [0.5, 0.6) is 0 Å². The molecule has 0 rings (SSSR count). The minimum absolute atomic E-state index is 0. The van der Waals surface area contributed by atoms with E-state index in [-0.39, 0.29) is 64.3 Å². The van der Waals surface area contributed by atoms with Gasteiger partial charge in [-0.15, -0.1) is 0 Å². The second-order valence-corrected chi connectivity index (χ2v) is 3.60. The molecule has 0 aliphatic rings. The van der Waals surface area contributed by atoms with Gasteiger partial charge in [0.25, 0.3) is 0 Å². The number of hydrogen-bond acceptors (Lipinski definition) is 14. The van der Waals surface area contributed by atoms with Crippen molar-refractivity contribution >= 4 is 32.7 Å². The van der Waals surface area contributed by atoms with Crippen molar-refractivity contribution in [3.63, 3.8) is 0 Å². The van der Waals surface area contributed by atoms with Gasteiger partial charge in [-0.25, -0.2) is 0 Å². The van der Waals surface area contributed by atoms with Crippen LogP contribution >= 0.6 is 0 Å². The number of aliphatic carboxylic acids is 2. The SMILES string of the molecule is NCC(=O)[O-].NCC(=O)[O-].O=S(=O)([O-])[O-].O=S(=O)([O-])[O-].[Mn+2].[Mn+2].[Mn+2]. The molecule has 0 unspecified atom stereocenters. The summed E-state index contributed by atoms with van der Waals surface area (Å²) in [5.41, 5.74) is 9.02. The molecule has 0 aromatic carbocycles. The summed E-state index contributed by atoms with van der Waals surface area (Å²) in [6.07, 6.45) is 0. The molecule has 139 valence electrons. The van der Waals surface area contributed by atoms with Crippen LogP contribution in [-0.4, -0.2) is 60.1 Å². The molecule has 23 heavy (non-hydrogen) atoms. The Morgan fingerprint density at radius 2 is 0.696 bits per heavy atom. The molecule has 0 aliphatic carbocycles. The van der Waals surface area contributed by atoms with E-state index in [0.29, 0.717) is 0 Å². The molecule has 0 fully saturated rings. The van der Waals surface area contributed by atoms with Crippen LogP contribution in [0.3, 0.4) is 0 Å². The van der Waals surface area contributed by atoms with E-state index in [9.17, 15) is 0 Å². The minimum atomic E-state index is -5.17. The Hall–Kier alpha value is 0.158. The average molecular weight is 505 g/mol. The Kier molecular flexibility index (Phi) is 46.2. The maximum Gasteiger partial charge on any atom is 2.00 e. The molecule has 0 saturated heterocycles. The monoisotopic (exact) mass is 505 g/mol. The molecule has 0 aromatic rings. The first-order valence-corrected chi connectivity index (χ1v) is 6.34. The number of nitrogens with two attached hydrogens (primary N) is 2. The quantitative estimate of drug-likeness (QED) is 0.200. The van der Waals surface area contributed by atoms with E-state index in [4.69, 9.17) is 54.8 Å². The molecule has 14 nitrogen and oxygen atoms in total. The van der Waals surface area contributed by atoms with Crippen LogP contribution in [0, 0.1) is 0 Å². The Morgan fingerprint density at radius 3 is 0.696 bits per heavy atom. The maximum absolute atomic E-state index is 9.13. The molecule has 0 bridgehead atoms. The molecule has 0 atom stereocenters. The zero-order chi connectivity index (χ0) is 17.6. The smallest absolute Gasteiger partial charge is 0.759 e. The summed E-state index contributed by atoms with van der Waals surface area (Å²) in [7, 11) is -10.3. The van der Waals surface area contributed by atoms with Gasteiger partial charge in [0.1, 0.15) is 0 Å². The molecule has 0 spiro atoms. The predicted octanol–water partition coefficient (Wildman–Crippen LogP) is -7.29. The summed E-state index contributed by atoms with van der Waals surface area (Å²) in [4.78, 5) is 18.3. The van der Waals surface area contributed by atoms with E-state index >= 15 is 0 Å². The molecule has 0 aromatic heterocycles. The van der Waals surface area contributed by atoms with Gasteiger partial charge in [-0.05, 0) is 0 Å². The molecular formula is C4H8Mn3N2O12S2. The fourth-order valence-corrected chi connectivity index (χ4v) is 0. The Morgan fingerprint density at radius 1 is 0.652 bits per heavy atom. The Bertz CT molecular complexity index is 405. The zero-order valence-electron chi connectivity index (χ0n) is 10.4. The van der Waals surface area contributed by atoms with Gasteiger partial charge in [-0.1, -0.05) is 0 Å². The van der Waals surface area contributed by atoms with Crippen LogP contribution in [0.15, 0.2) is 0 Å².